The van der Waals surface area contributed by atoms with Crippen molar-refractivity contribution in [3.8, 4) is 17.6 Å². The molecule has 31 heavy (non-hydrogen) atoms. The van der Waals surface area contributed by atoms with Crippen LogP contribution in [0.2, 0.25) is 5.02 Å². The Morgan fingerprint density at radius 3 is 2.55 bits per heavy atom. The second kappa shape index (κ2) is 8.70. The van der Waals surface area contributed by atoms with E-state index in [9.17, 15) is 13.7 Å². The molecule has 8 nitrogen and oxygen atoms in total. The molecule has 0 spiro atoms. The van der Waals surface area contributed by atoms with E-state index in [4.69, 9.17) is 16.3 Å². The largest absolute Gasteiger partial charge is 0.456 e. The van der Waals surface area contributed by atoms with Crippen LogP contribution < -0.4 is 9.46 Å². The van der Waals surface area contributed by atoms with Gasteiger partial charge in [-0.3, -0.25) is 0 Å². The maximum absolute atomic E-state index is 12.8. The van der Waals surface area contributed by atoms with E-state index in [1.165, 1.54) is 36.0 Å². The number of sulfonamides is 1. The molecule has 1 N–H and O–H groups in total. The fraction of sp³-hybridized carbons (Fsp3) is 0.200. The van der Waals surface area contributed by atoms with Crippen molar-refractivity contribution in [2.45, 2.75) is 28.8 Å². The van der Waals surface area contributed by atoms with Gasteiger partial charge in [-0.1, -0.05) is 29.4 Å². The minimum Gasteiger partial charge on any atom is -0.456 e. The Morgan fingerprint density at radius 2 is 1.90 bits per heavy atom. The highest BCUT2D eigenvalue weighted by Crippen LogP contribution is 2.38. The van der Waals surface area contributed by atoms with Crippen LogP contribution in [-0.2, 0) is 10.0 Å². The molecule has 0 amide bonds. The molecule has 0 bridgehead atoms. The van der Waals surface area contributed by atoms with Gasteiger partial charge in [-0.15, -0.1) is 0 Å². The van der Waals surface area contributed by atoms with Crippen molar-refractivity contribution in [2.75, 3.05) is 11.0 Å². The minimum atomic E-state index is -3.91. The molecular weight excluding hydrogens is 458 g/mol. The maximum atomic E-state index is 12.8. The number of thioether (sulfide) groups is 1. The number of benzene rings is 2. The maximum Gasteiger partial charge on any atom is 0.264 e. The molecule has 1 saturated carbocycles. The van der Waals surface area contributed by atoms with Crippen molar-refractivity contribution in [1.29, 1.82) is 5.26 Å². The molecule has 0 atom stereocenters. The normalized spacial score (nSPS) is 13.5. The van der Waals surface area contributed by atoms with Crippen LogP contribution in [0.5, 0.6) is 11.5 Å². The first kappa shape index (κ1) is 21.4. The van der Waals surface area contributed by atoms with Crippen molar-refractivity contribution in [2.24, 2.45) is 0 Å². The first-order chi connectivity index (χ1) is 14.9. The van der Waals surface area contributed by atoms with E-state index in [1.54, 1.807) is 18.2 Å². The zero-order chi connectivity index (χ0) is 22.0. The summed E-state index contributed by atoms with van der Waals surface area (Å²) in [5, 5.41) is 9.98. The Bertz CT molecular complexity index is 1270. The summed E-state index contributed by atoms with van der Waals surface area (Å²) in [4.78, 5) is 12.8. The van der Waals surface area contributed by atoms with Crippen molar-refractivity contribution < 1.29 is 13.2 Å². The highest BCUT2D eigenvalue weighted by atomic mass is 35.5. The lowest BCUT2D eigenvalue weighted by Crippen LogP contribution is -2.16. The van der Waals surface area contributed by atoms with Crippen LogP contribution in [0.4, 0.5) is 5.95 Å². The molecule has 4 rings (SSSR count). The number of anilines is 1. The zero-order valence-electron chi connectivity index (χ0n) is 16.2. The van der Waals surface area contributed by atoms with Crippen LogP contribution in [0.3, 0.4) is 0 Å². The van der Waals surface area contributed by atoms with Gasteiger partial charge in [0.1, 0.15) is 29.0 Å². The van der Waals surface area contributed by atoms with Gasteiger partial charge in [0.05, 0.1) is 9.92 Å². The Kier molecular flexibility index (Phi) is 6.00. The SMILES string of the molecule is CSc1nc(NS(=O)(=O)c2ccc(Oc3cccc(Cl)c3C#N)cc2)nc(C2CC2)n1. The van der Waals surface area contributed by atoms with Gasteiger partial charge in [0.25, 0.3) is 10.0 Å². The highest BCUT2D eigenvalue weighted by molar-refractivity contribution is 7.98. The topological polar surface area (TPSA) is 118 Å². The first-order valence-electron chi connectivity index (χ1n) is 9.19. The quantitative estimate of drug-likeness (QED) is 0.495. The van der Waals surface area contributed by atoms with Crippen LogP contribution in [0.25, 0.3) is 0 Å². The van der Waals surface area contributed by atoms with Crippen molar-refractivity contribution in [3.05, 3.63) is 58.9 Å². The molecule has 1 heterocycles. The Morgan fingerprint density at radius 1 is 1.16 bits per heavy atom. The third-order valence-corrected chi connectivity index (χ3v) is 6.64. The summed E-state index contributed by atoms with van der Waals surface area (Å²) < 4.78 is 33.7. The van der Waals surface area contributed by atoms with Crippen LogP contribution in [-0.4, -0.2) is 29.6 Å². The van der Waals surface area contributed by atoms with Gasteiger partial charge in [0.15, 0.2) is 5.16 Å². The second-order valence-electron chi connectivity index (χ2n) is 6.68. The number of nitrogens with zero attached hydrogens (tertiary/aromatic N) is 4. The number of hydrogen-bond acceptors (Lipinski definition) is 8. The molecule has 0 unspecified atom stereocenters. The van der Waals surface area contributed by atoms with Crippen LogP contribution in [0.1, 0.15) is 30.1 Å². The van der Waals surface area contributed by atoms with E-state index in [0.29, 0.717) is 16.7 Å². The fourth-order valence-corrected chi connectivity index (χ4v) is 4.24. The smallest absolute Gasteiger partial charge is 0.264 e. The van der Waals surface area contributed by atoms with Crippen molar-refractivity contribution in [3.63, 3.8) is 0 Å². The zero-order valence-corrected chi connectivity index (χ0v) is 18.6. The predicted molar refractivity (Wildman–Crippen MR) is 117 cm³/mol. The van der Waals surface area contributed by atoms with Gasteiger partial charge in [-0.2, -0.15) is 15.2 Å². The Labute approximate surface area is 188 Å². The van der Waals surface area contributed by atoms with Gasteiger partial charge in [0.2, 0.25) is 5.95 Å². The van der Waals surface area contributed by atoms with E-state index in [1.807, 2.05) is 12.3 Å². The molecule has 2 aromatic carbocycles. The lowest BCUT2D eigenvalue weighted by molar-refractivity contribution is 0.480. The van der Waals surface area contributed by atoms with Gasteiger partial charge < -0.3 is 4.74 Å². The summed E-state index contributed by atoms with van der Waals surface area (Å²) >= 11 is 7.33. The number of aromatic nitrogens is 3. The number of hydrogen-bond donors (Lipinski definition) is 1. The highest BCUT2D eigenvalue weighted by Gasteiger charge is 2.28. The van der Waals surface area contributed by atoms with Crippen LogP contribution in [0, 0.1) is 11.3 Å². The molecule has 0 saturated heterocycles. The summed E-state index contributed by atoms with van der Waals surface area (Å²) in [6, 6.07) is 12.6. The minimum absolute atomic E-state index is 0.000772. The summed E-state index contributed by atoms with van der Waals surface area (Å²) in [5.74, 6) is 1.51. The van der Waals surface area contributed by atoms with E-state index < -0.39 is 10.0 Å². The number of rotatable bonds is 7. The molecule has 3 aromatic rings. The van der Waals surface area contributed by atoms with Crippen molar-refractivity contribution in [1.82, 2.24) is 15.0 Å². The predicted octanol–water partition coefficient (Wildman–Crippen LogP) is 4.59. The average molecular weight is 474 g/mol. The van der Waals surface area contributed by atoms with Gasteiger partial charge >= 0.3 is 0 Å². The van der Waals surface area contributed by atoms with Gasteiger partial charge in [0, 0.05) is 5.92 Å². The molecule has 158 valence electrons. The molecule has 1 aliphatic carbocycles. The Hall–Kier alpha value is -2.87. The molecule has 1 aromatic heterocycles. The Balaban J connectivity index is 1.54. The van der Waals surface area contributed by atoms with E-state index in [0.717, 1.165) is 12.8 Å². The lowest BCUT2D eigenvalue weighted by Gasteiger charge is -2.11. The van der Waals surface area contributed by atoms with Crippen molar-refractivity contribution >= 4 is 39.3 Å². The van der Waals surface area contributed by atoms with E-state index >= 15 is 0 Å². The molecular formula is C20H16ClN5O3S2. The third kappa shape index (κ3) is 4.90. The summed E-state index contributed by atoms with van der Waals surface area (Å²) in [6.45, 7) is 0. The molecule has 1 fully saturated rings. The summed E-state index contributed by atoms with van der Waals surface area (Å²) in [7, 11) is -3.91. The van der Waals surface area contributed by atoms with E-state index in [2.05, 4.69) is 19.7 Å². The number of halogens is 1. The van der Waals surface area contributed by atoms with Crippen LogP contribution >= 0.6 is 23.4 Å². The summed E-state index contributed by atoms with van der Waals surface area (Å²) in [6.07, 6.45) is 3.80. The number of ether oxygens (including phenoxy) is 1. The molecule has 0 radical (unpaired) electrons. The van der Waals surface area contributed by atoms with Gasteiger partial charge in [-0.05, 0) is 55.5 Å². The monoisotopic (exact) mass is 473 g/mol. The standard InChI is InChI=1S/C20H16ClN5O3S2/c1-30-20-24-18(12-5-6-12)23-19(25-20)26-31(27,28)14-9-7-13(8-10-14)29-17-4-2-3-16(21)15(17)11-22/h2-4,7-10,12H,5-6H2,1H3,(H,23,24,25,26). The number of nitrogens with one attached hydrogen (secondary N) is 1. The molecule has 1 aliphatic rings. The molecule has 11 heteroatoms. The summed E-state index contributed by atoms with van der Waals surface area (Å²) in [5.41, 5.74) is 0.202. The lowest BCUT2D eigenvalue weighted by atomic mass is 10.2. The second-order valence-corrected chi connectivity index (χ2v) is 9.54. The first-order valence-corrected chi connectivity index (χ1v) is 12.3. The third-order valence-electron chi connectivity index (χ3n) is 4.43. The molecule has 0 aliphatic heterocycles. The average Bonchev–Trinajstić information content (AvgIpc) is 3.59. The van der Waals surface area contributed by atoms with Crippen LogP contribution in [0.15, 0.2) is 52.5 Å². The fourth-order valence-electron chi connectivity index (χ4n) is 2.72. The number of nitriles is 1. The van der Waals surface area contributed by atoms with Gasteiger partial charge in [-0.25, -0.2) is 18.1 Å². The van der Waals surface area contributed by atoms with E-state index in [-0.39, 0.29) is 33.1 Å².